The Kier molecular flexibility index (Phi) is 3.58. The van der Waals surface area contributed by atoms with Crippen molar-refractivity contribution in [3.05, 3.63) is 0 Å². The van der Waals surface area contributed by atoms with Gasteiger partial charge in [0.25, 0.3) is 0 Å². The van der Waals surface area contributed by atoms with Crippen LogP contribution in [0.1, 0.15) is 32.1 Å². The summed E-state index contributed by atoms with van der Waals surface area (Å²) < 4.78 is 11.4. The number of fused-ring (bicyclic) bond motifs is 2. The van der Waals surface area contributed by atoms with Crippen LogP contribution in [-0.4, -0.2) is 51.5 Å². The fraction of sp³-hybridized carbons (Fsp3) is 0.938. The molecule has 1 spiro atoms. The molecule has 0 amide bonds. The van der Waals surface area contributed by atoms with Gasteiger partial charge in [-0.1, -0.05) is 6.42 Å². The Labute approximate surface area is 126 Å². The molecular weight excluding hydrogens is 266 g/mol. The lowest BCUT2D eigenvalue weighted by Gasteiger charge is -2.63. The van der Waals surface area contributed by atoms with E-state index in [-0.39, 0.29) is 0 Å². The predicted molar refractivity (Wildman–Crippen MR) is 81.3 cm³/mol. The maximum absolute atomic E-state index is 5.98. The smallest absolute Gasteiger partial charge is 0.191 e. The molecule has 2 heterocycles. The molecule has 4 atom stereocenters. The van der Waals surface area contributed by atoms with Gasteiger partial charge < -0.3 is 20.1 Å². The lowest BCUT2D eigenvalue weighted by Crippen LogP contribution is -2.72. The molecule has 2 saturated carbocycles. The van der Waals surface area contributed by atoms with Crippen LogP contribution in [0.25, 0.3) is 0 Å². The summed E-state index contributed by atoms with van der Waals surface area (Å²) in [6.07, 6.45) is 6.88. The molecule has 118 valence electrons. The van der Waals surface area contributed by atoms with E-state index in [2.05, 4.69) is 15.6 Å². The number of nitrogens with one attached hydrogen (secondary N) is 2. The van der Waals surface area contributed by atoms with Crippen molar-refractivity contribution in [3.8, 4) is 0 Å². The second-order valence-corrected chi connectivity index (χ2v) is 7.14. The van der Waals surface area contributed by atoms with E-state index in [1.807, 2.05) is 7.05 Å². The Morgan fingerprint density at radius 3 is 2.86 bits per heavy atom. The normalized spacial score (nSPS) is 40.5. The number of ether oxygens (including phenoxy) is 2. The van der Waals surface area contributed by atoms with E-state index < -0.39 is 0 Å². The van der Waals surface area contributed by atoms with Gasteiger partial charge in [-0.25, -0.2) is 0 Å². The largest absolute Gasteiger partial charge is 0.381 e. The van der Waals surface area contributed by atoms with Gasteiger partial charge in [0.15, 0.2) is 5.96 Å². The third kappa shape index (κ3) is 2.16. The molecule has 5 heteroatoms. The van der Waals surface area contributed by atoms with Crippen molar-refractivity contribution in [1.29, 1.82) is 0 Å². The van der Waals surface area contributed by atoms with E-state index in [0.717, 1.165) is 38.7 Å². The molecule has 0 aromatic carbocycles. The summed E-state index contributed by atoms with van der Waals surface area (Å²) in [7, 11) is 1.87. The van der Waals surface area contributed by atoms with Crippen LogP contribution in [0, 0.1) is 17.3 Å². The Morgan fingerprint density at radius 2 is 2.19 bits per heavy atom. The summed E-state index contributed by atoms with van der Waals surface area (Å²) in [6, 6.07) is 0.560. The summed E-state index contributed by atoms with van der Waals surface area (Å²) in [5, 5.41) is 7.20. The molecule has 4 unspecified atom stereocenters. The van der Waals surface area contributed by atoms with Gasteiger partial charge in [0.05, 0.1) is 12.7 Å². The molecule has 4 rings (SSSR count). The predicted octanol–water partition coefficient (Wildman–Crippen LogP) is 1.15. The molecule has 2 aliphatic carbocycles. The summed E-state index contributed by atoms with van der Waals surface area (Å²) >= 11 is 0. The highest BCUT2D eigenvalue weighted by Crippen LogP contribution is 2.62. The number of nitrogens with zero attached hydrogens (tertiary/aromatic N) is 1. The molecular formula is C16H27N3O2. The Bertz CT molecular complexity index is 416. The minimum atomic E-state index is 0.412. The first-order valence-electron chi connectivity index (χ1n) is 8.50. The zero-order chi connectivity index (χ0) is 14.3. The molecule has 4 aliphatic rings. The van der Waals surface area contributed by atoms with Crippen LogP contribution in [0.3, 0.4) is 0 Å². The zero-order valence-corrected chi connectivity index (χ0v) is 12.9. The Hall–Kier alpha value is -0.810. The third-order valence-corrected chi connectivity index (χ3v) is 6.13. The van der Waals surface area contributed by atoms with Crippen molar-refractivity contribution in [2.24, 2.45) is 22.2 Å². The lowest BCUT2D eigenvalue weighted by atomic mass is 9.46. The SMILES string of the molecule is CN=C(NCC1CCOC1)NC1C2CCOC2C12CCC2. The summed E-state index contributed by atoms with van der Waals surface area (Å²) in [5.74, 6) is 2.28. The number of aliphatic imine (C=N–C) groups is 1. The minimum Gasteiger partial charge on any atom is -0.381 e. The van der Waals surface area contributed by atoms with E-state index >= 15 is 0 Å². The number of rotatable bonds is 3. The maximum Gasteiger partial charge on any atom is 0.191 e. The van der Waals surface area contributed by atoms with Crippen LogP contribution in [0.15, 0.2) is 4.99 Å². The molecule has 4 fully saturated rings. The maximum atomic E-state index is 5.98. The minimum absolute atomic E-state index is 0.412. The summed E-state index contributed by atoms with van der Waals surface area (Å²) in [6.45, 7) is 3.70. The van der Waals surface area contributed by atoms with Crippen molar-refractivity contribution in [3.63, 3.8) is 0 Å². The highest BCUT2D eigenvalue weighted by molar-refractivity contribution is 5.80. The van der Waals surface area contributed by atoms with Crippen LogP contribution >= 0.6 is 0 Å². The summed E-state index contributed by atoms with van der Waals surface area (Å²) in [4.78, 5) is 4.42. The average molecular weight is 293 g/mol. The lowest BCUT2D eigenvalue weighted by molar-refractivity contribution is -0.171. The molecule has 5 nitrogen and oxygen atoms in total. The van der Waals surface area contributed by atoms with Gasteiger partial charge in [-0.2, -0.15) is 0 Å². The van der Waals surface area contributed by atoms with Crippen LogP contribution in [-0.2, 0) is 9.47 Å². The van der Waals surface area contributed by atoms with Crippen molar-refractivity contribution < 1.29 is 9.47 Å². The van der Waals surface area contributed by atoms with Gasteiger partial charge in [0.2, 0.25) is 0 Å². The Balaban J connectivity index is 1.35. The first-order chi connectivity index (χ1) is 10.3. The van der Waals surface area contributed by atoms with Crippen molar-refractivity contribution in [1.82, 2.24) is 10.6 Å². The van der Waals surface area contributed by atoms with Gasteiger partial charge in [0, 0.05) is 50.1 Å². The molecule has 0 aromatic rings. The standard InChI is InChI=1S/C16H27N3O2/c1-17-15(18-9-11-3-7-20-10-11)19-13-12-4-8-21-14(12)16(13)5-2-6-16/h11-14H,2-10H2,1H3,(H2,17,18,19). The fourth-order valence-electron chi connectivity index (χ4n) is 4.78. The van der Waals surface area contributed by atoms with Gasteiger partial charge >= 0.3 is 0 Å². The molecule has 2 saturated heterocycles. The van der Waals surface area contributed by atoms with Crippen LogP contribution in [0.5, 0.6) is 0 Å². The number of hydrogen-bond donors (Lipinski definition) is 2. The topological polar surface area (TPSA) is 54.9 Å². The van der Waals surface area contributed by atoms with Gasteiger partial charge in [-0.05, 0) is 25.7 Å². The molecule has 2 aliphatic heterocycles. The zero-order valence-electron chi connectivity index (χ0n) is 12.9. The van der Waals surface area contributed by atoms with E-state index in [0.29, 0.717) is 29.4 Å². The first-order valence-corrected chi connectivity index (χ1v) is 8.50. The van der Waals surface area contributed by atoms with Crippen molar-refractivity contribution in [2.45, 2.75) is 44.2 Å². The molecule has 0 bridgehead atoms. The van der Waals surface area contributed by atoms with Crippen LogP contribution < -0.4 is 10.6 Å². The van der Waals surface area contributed by atoms with Crippen molar-refractivity contribution >= 4 is 5.96 Å². The first kappa shape index (κ1) is 13.8. The van der Waals surface area contributed by atoms with E-state index in [9.17, 15) is 0 Å². The highest BCUT2D eigenvalue weighted by Gasteiger charge is 2.66. The van der Waals surface area contributed by atoms with Gasteiger partial charge in [-0.15, -0.1) is 0 Å². The number of guanidine groups is 1. The molecule has 21 heavy (non-hydrogen) atoms. The molecule has 2 N–H and O–H groups in total. The quantitative estimate of drug-likeness (QED) is 0.605. The molecule has 0 aromatic heterocycles. The monoisotopic (exact) mass is 293 g/mol. The van der Waals surface area contributed by atoms with Crippen LogP contribution in [0.4, 0.5) is 0 Å². The van der Waals surface area contributed by atoms with Gasteiger partial charge in [0.1, 0.15) is 0 Å². The summed E-state index contributed by atoms with van der Waals surface area (Å²) in [5.41, 5.74) is 0.412. The van der Waals surface area contributed by atoms with Crippen LogP contribution in [0.2, 0.25) is 0 Å². The highest BCUT2D eigenvalue weighted by atomic mass is 16.5. The third-order valence-electron chi connectivity index (χ3n) is 6.13. The average Bonchev–Trinajstić information content (AvgIpc) is 3.08. The number of hydrogen-bond acceptors (Lipinski definition) is 3. The van der Waals surface area contributed by atoms with Crippen molar-refractivity contribution in [2.75, 3.05) is 33.4 Å². The van der Waals surface area contributed by atoms with E-state index in [4.69, 9.17) is 9.47 Å². The second-order valence-electron chi connectivity index (χ2n) is 7.14. The Morgan fingerprint density at radius 1 is 1.29 bits per heavy atom. The molecule has 0 radical (unpaired) electrons. The van der Waals surface area contributed by atoms with Gasteiger partial charge in [-0.3, -0.25) is 4.99 Å². The van der Waals surface area contributed by atoms with E-state index in [1.165, 1.54) is 25.7 Å². The van der Waals surface area contributed by atoms with E-state index in [1.54, 1.807) is 0 Å². The fourth-order valence-corrected chi connectivity index (χ4v) is 4.78. The second kappa shape index (κ2) is 5.43.